The number of ether oxygens (including phenoxy) is 3. The van der Waals surface area contributed by atoms with Gasteiger partial charge in [-0.1, -0.05) is 12.1 Å². The lowest BCUT2D eigenvalue weighted by Gasteiger charge is -2.26. The van der Waals surface area contributed by atoms with Gasteiger partial charge >= 0.3 is 0 Å². The Labute approximate surface area is 135 Å². The van der Waals surface area contributed by atoms with Crippen molar-refractivity contribution in [2.45, 2.75) is 13.0 Å². The van der Waals surface area contributed by atoms with Gasteiger partial charge in [0, 0.05) is 5.56 Å². The smallest absolute Gasteiger partial charge is 0.251 e. The molecule has 0 radical (unpaired) electrons. The predicted molar refractivity (Wildman–Crippen MR) is 86.4 cm³/mol. The van der Waals surface area contributed by atoms with E-state index < -0.39 is 0 Å². The highest BCUT2D eigenvalue weighted by atomic mass is 16.6. The standard InChI is InChI=1S/C18H19NO4/c1-12-9-13(7-8-15(12)21-2)18(20)19-10-14-11-22-16-5-3-4-6-17(16)23-14/h3-9,14H,10-11H2,1-2H3,(H,19,20)/t14-/m0/s1. The van der Waals surface area contributed by atoms with Crippen molar-refractivity contribution in [3.63, 3.8) is 0 Å². The third-order valence-electron chi connectivity index (χ3n) is 3.71. The van der Waals surface area contributed by atoms with Gasteiger partial charge in [0.05, 0.1) is 13.7 Å². The molecule has 2 aromatic rings. The SMILES string of the molecule is COc1ccc(C(=O)NC[C@H]2COc3ccccc3O2)cc1C. The molecule has 1 aliphatic rings. The summed E-state index contributed by atoms with van der Waals surface area (Å²) < 4.78 is 16.6. The van der Waals surface area contributed by atoms with Gasteiger partial charge in [0.1, 0.15) is 18.5 Å². The van der Waals surface area contributed by atoms with Crippen molar-refractivity contribution in [2.75, 3.05) is 20.3 Å². The van der Waals surface area contributed by atoms with Crippen LogP contribution >= 0.6 is 0 Å². The molecule has 0 bridgehead atoms. The molecule has 3 rings (SSSR count). The first-order chi connectivity index (χ1) is 11.2. The lowest BCUT2D eigenvalue weighted by atomic mass is 10.1. The van der Waals surface area contributed by atoms with Crippen LogP contribution in [0.3, 0.4) is 0 Å². The Morgan fingerprint density at radius 3 is 2.78 bits per heavy atom. The fourth-order valence-corrected chi connectivity index (χ4v) is 2.49. The summed E-state index contributed by atoms with van der Waals surface area (Å²) in [5, 5.41) is 2.88. The Bertz CT molecular complexity index is 714. The summed E-state index contributed by atoms with van der Waals surface area (Å²) in [6.07, 6.45) is -0.201. The van der Waals surface area contributed by atoms with Crippen molar-refractivity contribution < 1.29 is 19.0 Å². The molecule has 1 N–H and O–H groups in total. The van der Waals surface area contributed by atoms with Crippen LogP contribution in [0.2, 0.25) is 0 Å². The average Bonchev–Trinajstić information content (AvgIpc) is 2.59. The number of methoxy groups -OCH3 is 1. The summed E-state index contributed by atoms with van der Waals surface area (Å²) in [7, 11) is 1.61. The van der Waals surface area contributed by atoms with Crippen molar-refractivity contribution in [1.29, 1.82) is 0 Å². The monoisotopic (exact) mass is 313 g/mol. The fraction of sp³-hybridized carbons (Fsp3) is 0.278. The predicted octanol–water partition coefficient (Wildman–Crippen LogP) is 2.57. The van der Waals surface area contributed by atoms with E-state index in [1.165, 1.54) is 0 Å². The highest BCUT2D eigenvalue weighted by Gasteiger charge is 2.21. The van der Waals surface area contributed by atoms with E-state index in [2.05, 4.69) is 5.32 Å². The number of nitrogens with one attached hydrogen (secondary N) is 1. The van der Waals surface area contributed by atoms with Crippen LogP contribution in [0.4, 0.5) is 0 Å². The van der Waals surface area contributed by atoms with Gasteiger partial charge in [-0.15, -0.1) is 0 Å². The summed E-state index contributed by atoms with van der Waals surface area (Å²) in [4.78, 5) is 12.2. The molecule has 0 aromatic heterocycles. The minimum atomic E-state index is -0.201. The number of para-hydroxylation sites is 2. The number of hydrogen-bond donors (Lipinski definition) is 1. The van der Waals surface area contributed by atoms with Gasteiger partial charge in [0.15, 0.2) is 11.5 Å². The molecule has 5 heteroatoms. The Balaban J connectivity index is 1.58. The molecule has 0 saturated heterocycles. The van der Waals surface area contributed by atoms with E-state index in [0.717, 1.165) is 17.1 Å². The normalized spacial score (nSPS) is 15.8. The van der Waals surface area contributed by atoms with Gasteiger partial charge in [-0.3, -0.25) is 4.79 Å². The summed E-state index contributed by atoms with van der Waals surface area (Å²) in [6.45, 7) is 2.71. The van der Waals surface area contributed by atoms with Crippen molar-refractivity contribution in [1.82, 2.24) is 5.32 Å². The molecule has 1 heterocycles. The third-order valence-corrected chi connectivity index (χ3v) is 3.71. The largest absolute Gasteiger partial charge is 0.496 e. The van der Waals surface area contributed by atoms with Gasteiger partial charge in [-0.25, -0.2) is 0 Å². The molecule has 0 fully saturated rings. The van der Waals surface area contributed by atoms with Crippen LogP contribution in [0, 0.1) is 6.92 Å². The molecule has 1 atom stereocenters. The number of amides is 1. The Kier molecular flexibility index (Phi) is 4.37. The van der Waals surface area contributed by atoms with Crippen molar-refractivity contribution in [3.8, 4) is 17.2 Å². The van der Waals surface area contributed by atoms with Gasteiger partial charge < -0.3 is 19.5 Å². The second-order valence-electron chi connectivity index (χ2n) is 5.39. The molecule has 0 unspecified atom stereocenters. The number of carbonyl (C=O) groups excluding carboxylic acids is 1. The van der Waals surface area contributed by atoms with Gasteiger partial charge in [-0.05, 0) is 42.8 Å². The number of hydrogen-bond acceptors (Lipinski definition) is 4. The highest BCUT2D eigenvalue weighted by Crippen LogP contribution is 2.30. The highest BCUT2D eigenvalue weighted by molar-refractivity contribution is 5.94. The maximum absolute atomic E-state index is 12.2. The topological polar surface area (TPSA) is 56.8 Å². The zero-order valence-electron chi connectivity index (χ0n) is 13.2. The fourth-order valence-electron chi connectivity index (χ4n) is 2.49. The molecule has 23 heavy (non-hydrogen) atoms. The number of rotatable bonds is 4. The molecule has 5 nitrogen and oxygen atoms in total. The van der Waals surface area contributed by atoms with Crippen LogP contribution < -0.4 is 19.5 Å². The average molecular weight is 313 g/mol. The first-order valence-corrected chi connectivity index (χ1v) is 7.48. The molecule has 1 aliphatic heterocycles. The Morgan fingerprint density at radius 2 is 2.04 bits per heavy atom. The zero-order valence-corrected chi connectivity index (χ0v) is 13.2. The maximum atomic E-state index is 12.2. The quantitative estimate of drug-likeness (QED) is 0.942. The van der Waals surface area contributed by atoms with E-state index in [1.54, 1.807) is 19.2 Å². The van der Waals surface area contributed by atoms with Crippen LogP contribution in [-0.2, 0) is 0 Å². The van der Waals surface area contributed by atoms with Crippen LogP contribution in [0.1, 0.15) is 15.9 Å². The number of aryl methyl sites for hydroxylation is 1. The zero-order chi connectivity index (χ0) is 16.2. The van der Waals surface area contributed by atoms with Crippen LogP contribution in [-0.4, -0.2) is 32.3 Å². The number of carbonyl (C=O) groups is 1. The summed E-state index contributed by atoms with van der Waals surface area (Å²) >= 11 is 0. The molecule has 120 valence electrons. The number of fused-ring (bicyclic) bond motifs is 1. The first-order valence-electron chi connectivity index (χ1n) is 7.48. The van der Waals surface area contributed by atoms with Crippen molar-refractivity contribution in [2.24, 2.45) is 0 Å². The van der Waals surface area contributed by atoms with Crippen LogP contribution in [0.15, 0.2) is 42.5 Å². The molecule has 0 aliphatic carbocycles. The van der Waals surface area contributed by atoms with E-state index in [0.29, 0.717) is 24.5 Å². The Hall–Kier alpha value is -2.69. The summed E-state index contributed by atoms with van der Waals surface area (Å²) in [6, 6.07) is 12.9. The van der Waals surface area contributed by atoms with Crippen molar-refractivity contribution >= 4 is 5.91 Å². The van der Waals surface area contributed by atoms with E-state index >= 15 is 0 Å². The molecule has 1 amide bonds. The summed E-state index contributed by atoms with van der Waals surface area (Å²) in [5.74, 6) is 2.07. The molecule has 0 spiro atoms. The maximum Gasteiger partial charge on any atom is 0.251 e. The molecule has 0 saturated carbocycles. The lowest BCUT2D eigenvalue weighted by Crippen LogP contribution is -2.40. The Morgan fingerprint density at radius 1 is 1.26 bits per heavy atom. The van der Waals surface area contributed by atoms with Gasteiger partial charge in [0.25, 0.3) is 5.91 Å². The second kappa shape index (κ2) is 6.60. The molecular weight excluding hydrogens is 294 g/mol. The van der Waals surface area contributed by atoms with Gasteiger partial charge in [-0.2, -0.15) is 0 Å². The minimum absolute atomic E-state index is 0.141. The second-order valence-corrected chi connectivity index (χ2v) is 5.39. The van der Waals surface area contributed by atoms with Crippen LogP contribution in [0.5, 0.6) is 17.2 Å². The van der Waals surface area contributed by atoms with E-state index in [4.69, 9.17) is 14.2 Å². The van der Waals surface area contributed by atoms with Gasteiger partial charge in [0.2, 0.25) is 0 Å². The minimum Gasteiger partial charge on any atom is -0.496 e. The van der Waals surface area contributed by atoms with Crippen molar-refractivity contribution in [3.05, 3.63) is 53.6 Å². The van der Waals surface area contributed by atoms with E-state index in [-0.39, 0.29) is 12.0 Å². The van der Waals surface area contributed by atoms with Crippen LogP contribution in [0.25, 0.3) is 0 Å². The molecular formula is C18H19NO4. The summed E-state index contributed by atoms with van der Waals surface area (Å²) in [5.41, 5.74) is 1.52. The molecule has 2 aromatic carbocycles. The lowest BCUT2D eigenvalue weighted by molar-refractivity contribution is 0.0789. The number of benzene rings is 2. The first kappa shape index (κ1) is 15.2. The van der Waals surface area contributed by atoms with E-state index in [9.17, 15) is 4.79 Å². The van der Waals surface area contributed by atoms with E-state index in [1.807, 2.05) is 37.3 Å². The third kappa shape index (κ3) is 3.39.